The van der Waals surface area contributed by atoms with Crippen LogP contribution >= 0.6 is 39.9 Å². The van der Waals surface area contributed by atoms with Crippen LogP contribution < -0.4 is 10.2 Å². The van der Waals surface area contributed by atoms with Crippen LogP contribution in [-0.2, 0) is 13.1 Å². The maximum absolute atomic E-state index is 4.52. The molecule has 1 N–H and O–H groups in total. The fraction of sp³-hybridized carbons (Fsp3) is 0.400. The van der Waals surface area contributed by atoms with E-state index in [-0.39, 0.29) is 24.0 Å². The van der Waals surface area contributed by atoms with E-state index < -0.39 is 0 Å². The highest BCUT2D eigenvalue weighted by molar-refractivity contribution is 14.0. The molecule has 0 radical (unpaired) electrons. The molecule has 0 spiro atoms. The Morgan fingerprint density at radius 3 is 2.56 bits per heavy atom. The molecule has 0 saturated carbocycles. The first-order valence-corrected chi connectivity index (χ1v) is 9.81. The third-order valence-corrected chi connectivity index (χ3v) is 5.13. The zero-order chi connectivity index (χ0) is 18.4. The first-order chi connectivity index (χ1) is 12.7. The Labute approximate surface area is 187 Å². The molecular formula is C20H27BrIN5. The molecule has 1 aromatic carbocycles. The molecule has 0 bridgehead atoms. The lowest BCUT2D eigenvalue weighted by atomic mass is 10.2. The Bertz CT molecular complexity index is 744. The average molecular weight is 544 g/mol. The van der Waals surface area contributed by atoms with Gasteiger partial charge in [0, 0.05) is 50.9 Å². The van der Waals surface area contributed by atoms with Crippen molar-refractivity contribution >= 4 is 51.7 Å². The van der Waals surface area contributed by atoms with Crippen molar-refractivity contribution in [2.24, 2.45) is 4.99 Å². The smallest absolute Gasteiger partial charge is 0.193 e. The Hall–Kier alpha value is -1.35. The Morgan fingerprint density at radius 1 is 1.19 bits per heavy atom. The zero-order valence-electron chi connectivity index (χ0n) is 15.9. The van der Waals surface area contributed by atoms with Crippen molar-refractivity contribution in [2.75, 3.05) is 32.1 Å². The number of aromatic nitrogens is 1. The molecule has 7 heteroatoms. The predicted molar refractivity (Wildman–Crippen MR) is 127 cm³/mol. The van der Waals surface area contributed by atoms with E-state index in [1.165, 1.54) is 24.0 Å². The van der Waals surface area contributed by atoms with E-state index in [2.05, 4.69) is 84.5 Å². The number of nitrogens with one attached hydrogen (secondary N) is 1. The number of pyridine rings is 1. The number of rotatable bonds is 5. The van der Waals surface area contributed by atoms with Gasteiger partial charge in [-0.25, -0.2) is 4.98 Å². The van der Waals surface area contributed by atoms with E-state index in [1.54, 1.807) is 0 Å². The average Bonchev–Trinajstić information content (AvgIpc) is 3.19. The van der Waals surface area contributed by atoms with E-state index in [1.807, 2.05) is 13.2 Å². The minimum atomic E-state index is 0. The largest absolute Gasteiger partial charge is 0.357 e. The van der Waals surface area contributed by atoms with Gasteiger partial charge in [0.2, 0.25) is 0 Å². The number of anilines is 1. The Morgan fingerprint density at radius 2 is 1.89 bits per heavy atom. The van der Waals surface area contributed by atoms with Crippen molar-refractivity contribution in [3.8, 4) is 0 Å². The van der Waals surface area contributed by atoms with Crippen molar-refractivity contribution in [1.82, 2.24) is 15.2 Å². The first-order valence-electron chi connectivity index (χ1n) is 9.02. The van der Waals surface area contributed by atoms with Crippen molar-refractivity contribution in [2.45, 2.75) is 25.9 Å². The first kappa shape index (κ1) is 21.9. The summed E-state index contributed by atoms with van der Waals surface area (Å²) in [5, 5.41) is 3.46. The van der Waals surface area contributed by atoms with Gasteiger partial charge in [0.05, 0.1) is 0 Å². The van der Waals surface area contributed by atoms with Gasteiger partial charge in [-0.05, 0) is 48.2 Å². The number of halogens is 2. The SMILES string of the molecule is CN=C(NCc1ccnc(N2CCCC2)c1)N(C)Cc1ccc(Br)cc1.I. The molecule has 0 unspecified atom stereocenters. The van der Waals surface area contributed by atoms with Gasteiger partial charge in [0.25, 0.3) is 0 Å². The fourth-order valence-electron chi connectivity index (χ4n) is 3.19. The van der Waals surface area contributed by atoms with E-state index in [0.29, 0.717) is 0 Å². The molecule has 27 heavy (non-hydrogen) atoms. The number of aliphatic imine (C=N–C) groups is 1. The van der Waals surface area contributed by atoms with Crippen LogP contribution in [0.25, 0.3) is 0 Å². The number of nitrogens with zero attached hydrogens (tertiary/aromatic N) is 4. The second-order valence-electron chi connectivity index (χ2n) is 6.60. The van der Waals surface area contributed by atoms with Crippen LogP contribution in [0.2, 0.25) is 0 Å². The van der Waals surface area contributed by atoms with Crippen LogP contribution in [0.1, 0.15) is 24.0 Å². The number of guanidine groups is 1. The molecule has 1 fully saturated rings. The Balaban J connectivity index is 0.00000261. The lowest BCUT2D eigenvalue weighted by molar-refractivity contribution is 0.476. The molecule has 0 atom stereocenters. The van der Waals surface area contributed by atoms with Crippen LogP contribution in [0.4, 0.5) is 5.82 Å². The minimum absolute atomic E-state index is 0. The third-order valence-electron chi connectivity index (χ3n) is 4.60. The number of hydrogen-bond acceptors (Lipinski definition) is 3. The maximum atomic E-state index is 4.52. The molecule has 0 amide bonds. The molecule has 1 aromatic heterocycles. The molecule has 1 saturated heterocycles. The van der Waals surface area contributed by atoms with Gasteiger partial charge in [0.15, 0.2) is 5.96 Å². The summed E-state index contributed by atoms with van der Waals surface area (Å²) in [5.74, 6) is 1.97. The van der Waals surface area contributed by atoms with Gasteiger partial charge < -0.3 is 15.1 Å². The van der Waals surface area contributed by atoms with Crippen LogP contribution in [0.5, 0.6) is 0 Å². The molecule has 1 aliphatic heterocycles. The molecule has 2 heterocycles. The standard InChI is InChI=1S/C20H26BrN5.HI/c1-22-20(25(2)15-16-5-7-18(21)8-6-16)24-14-17-9-10-23-19(13-17)26-11-3-4-12-26;/h5-10,13H,3-4,11-12,14-15H2,1-2H3,(H,22,24);1H. The summed E-state index contributed by atoms with van der Waals surface area (Å²) >= 11 is 3.48. The van der Waals surface area contributed by atoms with Crippen LogP contribution in [0.3, 0.4) is 0 Å². The predicted octanol–water partition coefficient (Wildman–Crippen LogP) is 4.27. The topological polar surface area (TPSA) is 43.8 Å². The quantitative estimate of drug-likeness (QED) is 0.347. The van der Waals surface area contributed by atoms with E-state index >= 15 is 0 Å². The van der Waals surface area contributed by atoms with Gasteiger partial charge in [-0.15, -0.1) is 24.0 Å². The lowest BCUT2D eigenvalue weighted by Gasteiger charge is -2.22. The van der Waals surface area contributed by atoms with Gasteiger partial charge in [-0.1, -0.05) is 28.1 Å². The van der Waals surface area contributed by atoms with Crippen LogP contribution in [-0.4, -0.2) is 43.0 Å². The number of benzene rings is 1. The fourth-order valence-corrected chi connectivity index (χ4v) is 3.46. The summed E-state index contributed by atoms with van der Waals surface area (Å²) < 4.78 is 1.10. The molecule has 1 aliphatic rings. The summed E-state index contributed by atoms with van der Waals surface area (Å²) in [6.45, 7) is 3.77. The van der Waals surface area contributed by atoms with Gasteiger partial charge >= 0.3 is 0 Å². The van der Waals surface area contributed by atoms with E-state index in [4.69, 9.17) is 0 Å². The normalized spacial score (nSPS) is 14.0. The second-order valence-corrected chi connectivity index (χ2v) is 7.52. The van der Waals surface area contributed by atoms with Gasteiger partial charge in [0.1, 0.15) is 5.82 Å². The summed E-state index contributed by atoms with van der Waals surface area (Å²) in [5.41, 5.74) is 2.47. The van der Waals surface area contributed by atoms with Crippen LogP contribution in [0.15, 0.2) is 52.1 Å². The molecule has 146 valence electrons. The highest BCUT2D eigenvalue weighted by Gasteiger charge is 2.14. The highest BCUT2D eigenvalue weighted by Crippen LogP contribution is 2.18. The van der Waals surface area contributed by atoms with Crippen molar-refractivity contribution in [3.05, 3.63) is 58.2 Å². The van der Waals surface area contributed by atoms with Gasteiger partial charge in [-0.2, -0.15) is 0 Å². The van der Waals surface area contributed by atoms with Gasteiger partial charge in [-0.3, -0.25) is 4.99 Å². The molecule has 2 aromatic rings. The second kappa shape index (κ2) is 10.8. The minimum Gasteiger partial charge on any atom is -0.357 e. The highest BCUT2D eigenvalue weighted by atomic mass is 127. The van der Waals surface area contributed by atoms with E-state index in [9.17, 15) is 0 Å². The molecule has 3 rings (SSSR count). The molecular weight excluding hydrogens is 517 g/mol. The molecule has 0 aliphatic carbocycles. The van der Waals surface area contributed by atoms with Crippen molar-refractivity contribution < 1.29 is 0 Å². The lowest BCUT2D eigenvalue weighted by Crippen LogP contribution is -2.38. The summed E-state index contributed by atoms with van der Waals surface area (Å²) in [7, 11) is 3.88. The van der Waals surface area contributed by atoms with E-state index in [0.717, 1.165) is 42.4 Å². The third kappa shape index (κ3) is 6.34. The summed E-state index contributed by atoms with van der Waals surface area (Å²) in [6, 6.07) is 12.6. The number of hydrogen-bond donors (Lipinski definition) is 1. The monoisotopic (exact) mass is 543 g/mol. The molecule has 5 nitrogen and oxygen atoms in total. The summed E-state index contributed by atoms with van der Waals surface area (Å²) in [6.07, 6.45) is 4.42. The maximum Gasteiger partial charge on any atom is 0.193 e. The van der Waals surface area contributed by atoms with Crippen molar-refractivity contribution in [3.63, 3.8) is 0 Å². The Kier molecular flexibility index (Phi) is 8.82. The summed E-state index contributed by atoms with van der Waals surface area (Å²) in [4.78, 5) is 13.4. The zero-order valence-corrected chi connectivity index (χ0v) is 19.8. The van der Waals surface area contributed by atoms with Crippen LogP contribution in [0, 0.1) is 0 Å². The van der Waals surface area contributed by atoms with Crippen molar-refractivity contribution in [1.29, 1.82) is 0 Å².